The molecule has 2 aromatic carbocycles. The molecule has 4 rings (SSSR count). The van der Waals surface area contributed by atoms with E-state index in [1.165, 1.54) is 11.3 Å². The number of carbonyl (C=O) groups is 2. The van der Waals surface area contributed by atoms with Crippen LogP contribution in [0.5, 0.6) is 11.5 Å². The van der Waals surface area contributed by atoms with E-state index in [0.29, 0.717) is 48.9 Å². The Hall–Kier alpha value is -3.46. The smallest absolute Gasteiger partial charge is 0.286 e. The van der Waals surface area contributed by atoms with Crippen LogP contribution in [0.25, 0.3) is 0 Å². The molecule has 8 nitrogen and oxygen atoms in total. The minimum Gasteiger partial charge on any atom is -0.486 e. The highest BCUT2D eigenvalue weighted by atomic mass is 32.1. The number of rotatable bonds is 8. The van der Waals surface area contributed by atoms with Crippen LogP contribution in [0.2, 0.25) is 0 Å². The van der Waals surface area contributed by atoms with Gasteiger partial charge in [-0.15, -0.1) is 10.2 Å². The highest BCUT2D eigenvalue weighted by molar-refractivity contribution is 7.13. The number of hydrogen-bond acceptors (Lipinski definition) is 7. The molecule has 2 N–H and O–H groups in total. The second-order valence-corrected chi connectivity index (χ2v) is 8.43. The Labute approximate surface area is 190 Å². The lowest BCUT2D eigenvalue weighted by atomic mass is 10.1. The topological polar surface area (TPSA) is 102 Å². The van der Waals surface area contributed by atoms with Crippen LogP contribution in [0.15, 0.2) is 48.5 Å². The Morgan fingerprint density at radius 3 is 2.66 bits per heavy atom. The van der Waals surface area contributed by atoms with Crippen molar-refractivity contribution in [2.75, 3.05) is 18.5 Å². The number of nitrogens with one attached hydrogen (secondary N) is 2. The van der Waals surface area contributed by atoms with Gasteiger partial charge in [0.05, 0.1) is 6.04 Å². The van der Waals surface area contributed by atoms with E-state index in [2.05, 4.69) is 20.8 Å². The van der Waals surface area contributed by atoms with Crippen molar-refractivity contribution >= 4 is 28.8 Å². The molecule has 0 bridgehead atoms. The molecule has 0 spiro atoms. The Morgan fingerprint density at radius 1 is 1.06 bits per heavy atom. The lowest BCUT2D eigenvalue weighted by Crippen LogP contribution is -2.26. The van der Waals surface area contributed by atoms with Gasteiger partial charge in [0.15, 0.2) is 11.5 Å². The van der Waals surface area contributed by atoms with Crippen molar-refractivity contribution in [2.24, 2.45) is 0 Å². The standard InChI is InChI=1S/C23H24N4O4S/c1-15(16-10-11-18-19(14-16)31-13-12-30-18)24-20(28)8-5-9-21-26-27-23(32-21)22(29)25-17-6-3-2-4-7-17/h2-4,6-7,10-11,14-15H,5,8-9,12-13H2,1H3,(H,24,28)(H,25,29)/t15-/m0/s1. The Bertz CT molecular complexity index is 1090. The first-order valence-electron chi connectivity index (χ1n) is 10.5. The van der Waals surface area contributed by atoms with E-state index in [0.717, 1.165) is 16.3 Å². The van der Waals surface area contributed by atoms with Crippen LogP contribution in [0.3, 0.4) is 0 Å². The van der Waals surface area contributed by atoms with Crippen molar-refractivity contribution in [3.8, 4) is 11.5 Å². The minimum atomic E-state index is -0.286. The maximum absolute atomic E-state index is 12.4. The van der Waals surface area contributed by atoms with E-state index >= 15 is 0 Å². The molecule has 0 aliphatic carbocycles. The molecular formula is C23H24N4O4S. The number of carbonyl (C=O) groups excluding carboxylic acids is 2. The zero-order chi connectivity index (χ0) is 22.3. The van der Waals surface area contributed by atoms with Gasteiger partial charge in [-0.1, -0.05) is 35.6 Å². The molecule has 3 aromatic rings. The van der Waals surface area contributed by atoms with Gasteiger partial charge in [0.2, 0.25) is 10.9 Å². The molecule has 0 radical (unpaired) electrons. The van der Waals surface area contributed by atoms with E-state index in [1.807, 2.05) is 55.5 Å². The summed E-state index contributed by atoms with van der Waals surface area (Å²) in [6.07, 6.45) is 1.57. The van der Waals surface area contributed by atoms with Crippen molar-refractivity contribution in [1.29, 1.82) is 0 Å². The lowest BCUT2D eigenvalue weighted by Gasteiger charge is -2.21. The number of nitrogens with zero attached hydrogens (tertiary/aromatic N) is 2. The number of benzene rings is 2. The summed E-state index contributed by atoms with van der Waals surface area (Å²) in [6.45, 7) is 3.01. The first-order chi connectivity index (χ1) is 15.6. The fraction of sp³-hybridized carbons (Fsp3) is 0.304. The van der Waals surface area contributed by atoms with Gasteiger partial charge in [-0.25, -0.2) is 0 Å². The second kappa shape index (κ2) is 10.2. The fourth-order valence-corrected chi connectivity index (χ4v) is 4.06. The Balaban J connectivity index is 1.22. The van der Waals surface area contributed by atoms with Crippen LogP contribution in [-0.2, 0) is 11.2 Å². The maximum Gasteiger partial charge on any atom is 0.286 e. The van der Waals surface area contributed by atoms with E-state index in [9.17, 15) is 9.59 Å². The quantitative estimate of drug-likeness (QED) is 0.540. The van der Waals surface area contributed by atoms with Crippen molar-refractivity contribution < 1.29 is 19.1 Å². The summed E-state index contributed by atoms with van der Waals surface area (Å²) in [5.74, 6) is 1.11. The Kier molecular flexibility index (Phi) is 6.96. The molecule has 166 valence electrons. The molecular weight excluding hydrogens is 428 g/mol. The monoisotopic (exact) mass is 452 g/mol. The minimum absolute atomic E-state index is 0.0426. The average Bonchev–Trinajstić information content (AvgIpc) is 3.28. The fourth-order valence-electron chi connectivity index (χ4n) is 3.28. The highest BCUT2D eigenvalue weighted by Gasteiger charge is 2.17. The van der Waals surface area contributed by atoms with Crippen LogP contribution < -0.4 is 20.1 Å². The van der Waals surface area contributed by atoms with Gasteiger partial charge >= 0.3 is 0 Å². The molecule has 32 heavy (non-hydrogen) atoms. The van der Waals surface area contributed by atoms with E-state index in [4.69, 9.17) is 9.47 Å². The van der Waals surface area contributed by atoms with Gasteiger partial charge in [0, 0.05) is 18.5 Å². The van der Waals surface area contributed by atoms with Gasteiger partial charge < -0.3 is 20.1 Å². The van der Waals surface area contributed by atoms with Crippen LogP contribution in [-0.4, -0.2) is 35.2 Å². The van der Waals surface area contributed by atoms with Gasteiger partial charge in [-0.3, -0.25) is 9.59 Å². The molecule has 0 unspecified atom stereocenters. The molecule has 2 amide bonds. The maximum atomic E-state index is 12.4. The first-order valence-corrected chi connectivity index (χ1v) is 11.3. The Morgan fingerprint density at radius 2 is 1.84 bits per heavy atom. The number of para-hydroxylation sites is 1. The summed E-state index contributed by atoms with van der Waals surface area (Å²) in [5, 5.41) is 14.9. The molecule has 0 saturated carbocycles. The average molecular weight is 453 g/mol. The van der Waals surface area contributed by atoms with Crippen LogP contribution in [0.4, 0.5) is 5.69 Å². The molecule has 0 fully saturated rings. The van der Waals surface area contributed by atoms with Crippen molar-refractivity contribution in [3.05, 3.63) is 64.1 Å². The molecule has 1 aromatic heterocycles. The molecule has 1 atom stereocenters. The zero-order valence-corrected chi connectivity index (χ0v) is 18.5. The SMILES string of the molecule is C[C@H](NC(=O)CCCc1nnc(C(=O)Nc2ccccc2)s1)c1ccc2c(c1)OCCO2. The number of aromatic nitrogens is 2. The van der Waals surface area contributed by atoms with E-state index < -0.39 is 0 Å². The van der Waals surface area contributed by atoms with Gasteiger partial charge in [0.25, 0.3) is 5.91 Å². The third-order valence-corrected chi connectivity index (χ3v) is 5.91. The molecule has 1 aliphatic heterocycles. The zero-order valence-electron chi connectivity index (χ0n) is 17.7. The number of ether oxygens (including phenoxy) is 2. The summed E-state index contributed by atoms with van der Waals surface area (Å²) in [6, 6.07) is 14.8. The number of fused-ring (bicyclic) bond motifs is 1. The predicted molar refractivity (Wildman–Crippen MR) is 121 cm³/mol. The van der Waals surface area contributed by atoms with E-state index in [-0.39, 0.29) is 17.9 Å². The summed E-state index contributed by atoms with van der Waals surface area (Å²) in [4.78, 5) is 24.6. The second-order valence-electron chi connectivity index (χ2n) is 7.37. The first kappa shape index (κ1) is 21.8. The van der Waals surface area contributed by atoms with Crippen molar-refractivity contribution in [1.82, 2.24) is 15.5 Å². The normalized spacial score (nSPS) is 13.3. The number of anilines is 1. The van der Waals surface area contributed by atoms with Crippen LogP contribution >= 0.6 is 11.3 Å². The van der Waals surface area contributed by atoms with Crippen molar-refractivity contribution in [2.45, 2.75) is 32.2 Å². The number of amides is 2. The van der Waals surface area contributed by atoms with Gasteiger partial charge in [0.1, 0.15) is 18.2 Å². The number of hydrogen-bond donors (Lipinski definition) is 2. The summed E-state index contributed by atoms with van der Waals surface area (Å²) < 4.78 is 11.1. The highest BCUT2D eigenvalue weighted by Crippen LogP contribution is 2.32. The molecule has 2 heterocycles. The molecule has 1 aliphatic rings. The molecule has 9 heteroatoms. The molecule has 0 saturated heterocycles. The van der Waals surface area contributed by atoms with Gasteiger partial charge in [-0.05, 0) is 43.2 Å². The third kappa shape index (κ3) is 5.61. The predicted octanol–water partition coefficient (Wildman–Crippen LogP) is 3.76. The van der Waals surface area contributed by atoms with Crippen LogP contribution in [0, 0.1) is 0 Å². The summed E-state index contributed by atoms with van der Waals surface area (Å²) in [5.41, 5.74) is 1.67. The number of aryl methyl sites for hydroxylation is 1. The summed E-state index contributed by atoms with van der Waals surface area (Å²) >= 11 is 1.24. The largest absolute Gasteiger partial charge is 0.486 e. The van der Waals surface area contributed by atoms with Crippen molar-refractivity contribution in [3.63, 3.8) is 0 Å². The van der Waals surface area contributed by atoms with Gasteiger partial charge in [-0.2, -0.15) is 0 Å². The summed E-state index contributed by atoms with van der Waals surface area (Å²) in [7, 11) is 0. The van der Waals surface area contributed by atoms with E-state index in [1.54, 1.807) is 0 Å². The van der Waals surface area contributed by atoms with Crippen LogP contribution in [0.1, 0.15) is 46.2 Å². The third-order valence-electron chi connectivity index (χ3n) is 4.93. The lowest BCUT2D eigenvalue weighted by molar-refractivity contribution is -0.121.